The largest absolute Gasteiger partial charge is 0.508 e. The predicted octanol–water partition coefficient (Wildman–Crippen LogP) is 3.09. The number of rotatable bonds is 6. The van der Waals surface area contributed by atoms with Crippen molar-refractivity contribution in [3.8, 4) is 5.75 Å². The van der Waals surface area contributed by atoms with Crippen molar-refractivity contribution in [2.75, 3.05) is 13.7 Å². The molecule has 2 rings (SSSR count). The van der Waals surface area contributed by atoms with Crippen molar-refractivity contribution in [1.82, 2.24) is 4.90 Å². The molecule has 134 valence electrons. The zero-order chi connectivity index (χ0) is 18.6. The Morgan fingerprint density at radius 1 is 1.44 bits per heavy atom. The summed E-state index contributed by atoms with van der Waals surface area (Å²) in [5.41, 5.74) is 0.507. The van der Waals surface area contributed by atoms with Gasteiger partial charge in [0, 0.05) is 30.6 Å². The number of nitro groups is 1. The SMILES string of the molecule is COC(=O)CCN1C=COC(c2c([N+](=O)[O-])ccc(O)c2C(C)C)=C1. The number of esters is 1. The lowest BCUT2D eigenvalue weighted by Gasteiger charge is -2.23. The lowest BCUT2D eigenvalue weighted by molar-refractivity contribution is -0.385. The van der Waals surface area contributed by atoms with Crippen molar-refractivity contribution >= 4 is 17.4 Å². The maximum Gasteiger partial charge on any atom is 0.307 e. The highest BCUT2D eigenvalue weighted by atomic mass is 16.6. The second-order valence-electron chi connectivity index (χ2n) is 5.76. The van der Waals surface area contributed by atoms with Gasteiger partial charge in [-0.15, -0.1) is 0 Å². The molecule has 1 N–H and O–H groups in total. The monoisotopic (exact) mass is 348 g/mol. The van der Waals surface area contributed by atoms with Crippen molar-refractivity contribution in [1.29, 1.82) is 0 Å². The first-order valence-electron chi connectivity index (χ1n) is 7.73. The van der Waals surface area contributed by atoms with Crippen LogP contribution in [0.5, 0.6) is 5.75 Å². The Hall–Kier alpha value is -3.03. The minimum Gasteiger partial charge on any atom is -0.508 e. The number of phenols is 1. The fourth-order valence-electron chi connectivity index (χ4n) is 2.58. The minimum absolute atomic E-state index is 0.0317. The molecule has 1 aromatic carbocycles. The van der Waals surface area contributed by atoms with Gasteiger partial charge in [0.05, 0.1) is 18.5 Å². The molecule has 8 nitrogen and oxygen atoms in total. The maximum atomic E-state index is 11.4. The third-order valence-corrected chi connectivity index (χ3v) is 3.75. The summed E-state index contributed by atoms with van der Waals surface area (Å²) in [7, 11) is 1.31. The Labute approximate surface area is 145 Å². The first-order valence-corrected chi connectivity index (χ1v) is 7.73. The van der Waals surface area contributed by atoms with Crippen molar-refractivity contribution in [2.24, 2.45) is 0 Å². The number of carbonyl (C=O) groups is 1. The topological polar surface area (TPSA) is 102 Å². The van der Waals surface area contributed by atoms with Crippen LogP contribution in [0.25, 0.3) is 5.76 Å². The van der Waals surface area contributed by atoms with E-state index in [2.05, 4.69) is 4.74 Å². The lowest BCUT2D eigenvalue weighted by atomic mass is 9.93. The molecule has 1 aliphatic rings. The van der Waals surface area contributed by atoms with Crippen LogP contribution < -0.4 is 0 Å². The highest BCUT2D eigenvalue weighted by Gasteiger charge is 2.28. The Bertz CT molecular complexity index is 739. The standard InChI is InChI=1S/C17H20N2O6/c1-11(2)16-13(20)5-4-12(19(22)23)17(16)14-10-18(8-9-25-14)7-6-15(21)24-3/h4-5,8-11,20H,6-7H2,1-3H3. The molecule has 0 amide bonds. The summed E-state index contributed by atoms with van der Waals surface area (Å²) in [6, 6.07) is 2.56. The average Bonchev–Trinajstić information content (AvgIpc) is 2.58. The molecule has 0 saturated heterocycles. The van der Waals surface area contributed by atoms with Crippen LogP contribution in [0.4, 0.5) is 5.69 Å². The molecule has 8 heteroatoms. The lowest BCUT2D eigenvalue weighted by Crippen LogP contribution is -2.19. The summed E-state index contributed by atoms with van der Waals surface area (Å²) in [4.78, 5) is 23.9. The molecule has 0 spiro atoms. The summed E-state index contributed by atoms with van der Waals surface area (Å²) in [6.07, 6.45) is 4.71. The van der Waals surface area contributed by atoms with Gasteiger partial charge >= 0.3 is 5.97 Å². The first kappa shape index (κ1) is 18.3. The van der Waals surface area contributed by atoms with Gasteiger partial charge < -0.3 is 19.5 Å². The number of hydrogen-bond acceptors (Lipinski definition) is 7. The van der Waals surface area contributed by atoms with E-state index in [1.165, 1.54) is 25.5 Å². The van der Waals surface area contributed by atoms with Gasteiger partial charge in [-0.1, -0.05) is 13.8 Å². The third kappa shape index (κ3) is 4.09. The van der Waals surface area contributed by atoms with Crippen LogP contribution in [0.2, 0.25) is 0 Å². The number of methoxy groups -OCH3 is 1. The quantitative estimate of drug-likeness (QED) is 0.479. The average molecular weight is 348 g/mol. The van der Waals surface area contributed by atoms with Crippen molar-refractivity contribution < 1.29 is 24.3 Å². The van der Waals surface area contributed by atoms with E-state index in [4.69, 9.17) is 4.74 Å². The van der Waals surface area contributed by atoms with Crippen LogP contribution in [0.1, 0.15) is 37.3 Å². The molecular formula is C17H20N2O6. The van der Waals surface area contributed by atoms with Crippen LogP contribution in [-0.2, 0) is 14.3 Å². The number of aromatic hydroxyl groups is 1. The number of ether oxygens (including phenoxy) is 2. The smallest absolute Gasteiger partial charge is 0.307 e. The number of nitro benzene ring substituents is 1. The van der Waals surface area contributed by atoms with Crippen molar-refractivity contribution in [3.05, 3.63) is 52.0 Å². The number of carbonyl (C=O) groups excluding carboxylic acids is 1. The predicted molar refractivity (Wildman–Crippen MR) is 90.4 cm³/mol. The van der Waals surface area contributed by atoms with Gasteiger partial charge in [0.1, 0.15) is 17.6 Å². The number of nitrogens with zero attached hydrogens (tertiary/aromatic N) is 2. The van der Waals surface area contributed by atoms with Crippen molar-refractivity contribution in [3.63, 3.8) is 0 Å². The Kier molecular flexibility index (Phi) is 5.63. The molecule has 0 unspecified atom stereocenters. The number of hydrogen-bond donors (Lipinski definition) is 1. The van der Waals surface area contributed by atoms with Crippen LogP contribution in [0.15, 0.2) is 30.8 Å². The molecule has 0 fully saturated rings. The van der Waals surface area contributed by atoms with Crippen LogP contribution in [-0.4, -0.2) is 34.6 Å². The second-order valence-corrected chi connectivity index (χ2v) is 5.76. The van der Waals surface area contributed by atoms with E-state index in [1.54, 1.807) is 17.3 Å². The number of phenolic OH excluding ortho intramolecular Hbond substituents is 1. The highest BCUT2D eigenvalue weighted by molar-refractivity contribution is 5.75. The fraction of sp³-hybridized carbons (Fsp3) is 0.353. The van der Waals surface area contributed by atoms with E-state index in [1.807, 2.05) is 13.8 Å². The summed E-state index contributed by atoms with van der Waals surface area (Å²) < 4.78 is 10.1. The fourth-order valence-corrected chi connectivity index (χ4v) is 2.58. The van der Waals surface area contributed by atoms with Crippen LogP contribution in [0.3, 0.4) is 0 Å². The summed E-state index contributed by atoms with van der Waals surface area (Å²) >= 11 is 0. The molecule has 25 heavy (non-hydrogen) atoms. The Balaban J connectivity index is 2.45. The third-order valence-electron chi connectivity index (χ3n) is 3.75. The minimum atomic E-state index is -0.512. The molecule has 0 radical (unpaired) electrons. The van der Waals surface area contributed by atoms with Gasteiger partial charge in [-0.3, -0.25) is 14.9 Å². The normalized spacial score (nSPS) is 13.4. The van der Waals surface area contributed by atoms with Crippen molar-refractivity contribution in [2.45, 2.75) is 26.2 Å². The van der Waals surface area contributed by atoms with E-state index < -0.39 is 4.92 Å². The van der Waals surface area contributed by atoms with E-state index in [-0.39, 0.29) is 41.1 Å². The van der Waals surface area contributed by atoms with Gasteiger partial charge in [0.25, 0.3) is 5.69 Å². The van der Waals surface area contributed by atoms with Gasteiger partial charge in [-0.25, -0.2) is 0 Å². The van der Waals surface area contributed by atoms with E-state index in [0.717, 1.165) is 0 Å². The van der Waals surface area contributed by atoms with Gasteiger partial charge in [0.15, 0.2) is 5.76 Å². The van der Waals surface area contributed by atoms with Gasteiger partial charge in [-0.05, 0) is 12.0 Å². The Morgan fingerprint density at radius 2 is 2.16 bits per heavy atom. The van der Waals surface area contributed by atoms with E-state index in [0.29, 0.717) is 12.1 Å². The molecule has 0 aromatic heterocycles. The summed E-state index contributed by atoms with van der Waals surface area (Å²) in [6.45, 7) is 3.99. The molecule has 0 aliphatic carbocycles. The first-order chi connectivity index (χ1) is 11.8. The van der Waals surface area contributed by atoms with E-state index in [9.17, 15) is 20.0 Å². The molecular weight excluding hydrogens is 328 g/mol. The van der Waals surface area contributed by atoms with Gasteiger partial charge in [-0.2, -0.15) is 0 Å². The molecule has 1 aromatic rings. The van der Waals surface area contributed by atoms with E-state index >= 15 is 0 Å². The second kappa shape index (κ2) is 7.69. The van der Waals surface area contributed by atoms with Crippen LogP contribution >= 0.6 is 0 Å². The van der Waals surface area contributed by atoms with Gasteiger partial charge in [0.2, 0.25) is 0 Å². The molecule has 1 heterocycles. The summed E-state index contributed by atoms with van der Waals surface area (Å²) in [5.74, 6) is -0.315. The zero-order valence-corrected chi connectivity index (χ0v) is 14.3. The molecule has 1 aliphatic heterocycles. The molecule has 0 atom stereocenters. The zero-order valence-electron chi connectivity index (χ0n) is 14.3. The Morgan fingerprint density at radius 3 is 2.76 bits per heavy atom. The molecule has 0 bridgehead atoms. The number of benzene rings is 1. The van der Waals surface area contributed by atoms with Crippen LogP contribution in [0, 0.1) is 10.1 Å². The molecule has 0 saturated carbocycles. The summed E-state index contributed by atoms with van der Waals surface area (Å²) in [5, 5.41) is 21.6. The maximum absolute atomic E-state index is 11.4. The highest BCUT2D eigenvalue weighted by Crippen LogP contribution is 2.40.